The first kappa shape index (κ1) is 16.1. The average Bonchev–Trinajstić information content (AvgIpc) is 2.91. The molecule has 114 valence electrons. The standard InChI is InChI=1S/C18H25NOS/c1-13(2)17-8-7-14(3)10-18(17)20-15(4)11-19-12-16-6-5-9-21-16/h5-10,13,15,19H,11-12H2,1-4H3. The number of hydrogen-bond acceptors (Lipinski definition) is 3. The summed E-state index contributed by atoms with van der Waals surface area (Å²) >= 11 is 1.78. The van der Waals surface area contributed by atoms with Crippen molar-refractivity contribution in [1.82, 2.24) is 5.32 Å². The molecule has 1 N–H and O–H groups in total. The first-order valence-electron chi connectivity index (χ1n) is 7.56. The molecule has 0 bridgehead atoms. The van der Waals surface area contributed by atoms with Gasteiger partial charge in [0.1, 0.15) is 11.9 Å². The maximum absolute atomic E-state index is 6.15. The van der Waals surface area contributed by atoms with Crippen molar-refractivity contribution in [1.29, 1.82) is 0 Å². The number of nitrogens with one attached hydrogen (secondary N) is 1. The van der Waals surface area contributed by atoms with E-state index in [1.54, 1.807) is 11.3 Å². The van der Waals surface area contributed by atoms with Gasteiger partial charge in [0.2, 0.25) is 0 Å². The highest BCUT2D eigenvalue weighted by atomic mass is 32.1. The van der Waals surface area contributed by atoms with Gasteiger partial charge in [0, 0.05) is 18.0 Å². The van der Waals surface area contributed by atoms with Crippen molar-refractivity contribution in [2.75, 3.05) is 6.54 Å². The van der Waals surface area contributed by atoms with E-state index in [0.717, 1.165) is 18.8 Å². The van der Waals surface area contributed by atoms with Crippen LogP contribution in [0.3, 0.4) is 0 Å². The molecule has 3 heteroatoms. The van der Waals surface area contributed by atoms with Crippen LogP contribution in [0.2, 0.25) is 0 Å². The first-order chi connectivity index (χ1) is 10.1. The summed E-state index contributed by atoms with van der Waals surface area (Å²) in [4.78, 5) is 1.36. The van der Waals surface area contributed by atoms with E-state index in [4.69, 9.17) is 4.74 Å². The minimum Gasteiger partial charge on any atom is -0.489 e. The van der Waals surface area contributed by atoms with Crippen LogP contribution < -0.4 is 10.1 Å². The van der Waals surface area contributed by atoms with E-state index >= 15 is 0 Å². The number of thiophene rings is 1. The Labute approximate surface area is 132 Å². The van der Waals surface area contributed by atoms with E-state index in [1.807, 2.05) is 0 Å². The van der Waals surface area contributed by atoms with Gasteiger partial charge in [-0.05, 0) is 48.4 Å². The van der Waals surface area contributed by atoms with Crippen LogP contribution in [0, 0.1) is 6.92 Å². The summed E-state index contributed by atoms with van der Waals surface area (Å²) in [5.41, 5.74) is 2.53. The number of benzene rings is 1. The highest BCUT2D eigenvalue weighted by molar-refractivity contribution is 7.09. The van der Waals surface area contributed by atoms with Crippen molar-refractivity contribution in [2.24, 2.45) is 0 Å². The molecule has 1 atom stereocenters. The molecule has 0 fully saturated rings. The minimum absolute atomic E-state index is 0.157. The molecule has 1 heterocycles. The first-order valence-corrected chi connectivity index (χ1v) is 8.44. The number of hydrogen-bond donors (Lipinski definition) is 1. The lowest BCUT2D eigenvalue weighted by molar-refractivity contribution is 0.214. The van der Waals surface area contributed by atoms with E-state index < -0.39 is 0 Å². The molecule has 0 aliphatic rings. The maximum Gasteiger partial charge on any atom is 0.123 e. The number of rotatable bonds is 7. The third-order valence-corrected chi connectivity index (χ3v) is 4.31. The zero-order chi connectivity index (χ0) is 15.2. The molecule has 2 rings (SSSR count). The predicted octanol–water partition coefficient (Wildman–Crippen LogP) is 4.74. The molecule has 2 nitrogen and oxygen atoms in total. The molecule has 1 aromatic heterocycles. The fourth-order valence-corrected chi connectivity index (χ4v) is 2.97. The van der Waals surface area contributed by atoms with Crippen LogP contribution in [0.4, 0.5) is 0 Å². The van der Waals surface area contributed by atoms with E-state index in [9.17, 15) is 0 Å². The second-order valence-electron chi connectivity index (χ2n) is 5.83. The fraction of sp³-hybridized carbons (Fsp3) is 0.444. The van der Waals surface area contributed by atoms with Crippen LogP contribution in [0.1, 0.15) is 42.7 Å². The Morgan fingerprint density at radius 1 is 1.19 bits per heavy atom. The van der Waals surface area contributed by atoms with Crippen molar-refractivity contribution < 1.29 is 4.74 Å². The topological polar surface area (TPSA) is 21.3 Å². The second kappa shape index (κ2) is 7.62. The molecular formula is C18H25NOS. The van der Waals surface area contributed by atoms with Crippen LogP contribution in [-0.2, 0) is 6.54 Å². The molecule has 1 unspecified atom stereocenters. The van der Waals surface area contributed by atoms with E-state index in [-0.39, 0.29) is 6.10 Å². The highest BCUT2D eigenvalue weighted by Crippen LogP contribution is 2.28. The largest absolute Gasteiger partial charge is 0.489 e. The lowest BCUT2D eigenvalue weighted by atomic mass is 10.0. The van der Waals surface area contributed by atoms with E-state index in [2.05, 4.69) is 68.7 Å². The van der Waals surface area contributed by atoms with Crippen LogP contribution in [-0.4, -0.2) is 12.6 Å². The Morgan fingerprint density at radius 2 is 2.00 bits per heavy atom. The molecular weight excluding hydrogens is 278 g/mol. The molecule has 0 amide bonds. The van der Waals surface area contributed by atoms with Crippen molar-refractivity contribution in [3.05, 3.63) is 51.7 Å². The summed E-state index contributed by atoms with van der Waals surface area (Å²) in [5.74, 6) is 1.50. The lowest BCUT2D eigenvalue weighted by Crippen LogP contribution is -2.28. The van der Waals surface area contributed by atoms with Gasteiger partial charge >= 0.3 is 0 Å². The van der Waals surface area contributed by atoms with Gasteiger partial charge in [0.05, 0.1) is 0 Å². The predicted molar refractivity (Wildman–Crippen MR) is 91.4 cm³/mol. The molecule has 0 aliphatic heterocycles. The Kier molecular flexibility index (Phi) is 5.83. The van der Waals surface area contributed by atoms with Crippen LogP contribution in [0.25, 0.3) is 0 Å². The maximum atomic E-state index is 6.15. The van der Waals surface area contributed by atoms with Crippen molar-refractivity contribution in [2.45, 2.75) is 46.3 Å². The zero-order valence-electron chi connectivity index (χ0n) is 13.3. The van der Waals surface area contributed by atoms with Crippen molar-refractivity contribution in [3.8, 4) is 5.75 Å². The molecule has 0 radical (unpaired) electrons. The van der Waals surface area contributed by atoms with Gasteiger partial charge in [-0.3, -0.25) is 0 Å². The average molecular weight is 303 g/mol. The smallest absolute Gasteiger partial charge is 0.123 e. The Morgan fingerprint density at radius 3 is 2.67 bits per heavy atom. The fourth-order valence-electron chi connectivity index (χ4n) is 2.29. The van der Waals surface area contributed by atoms with Gasteiger partial charge in [-0.1, -0.05) is 32.0 Å². The summed E-state index contributed by atoms with van der Waals surface area (Å²) in [6.07, 6.45) is 0.157. The van der Waals surface area contributed by atoms with Crippen molar-refractivity contribution >= 4 is 11.3 Å². The Bertz CT molecular complexity index is 548. The molecule has 21 heavy (non-hydrogen) atoms. The summed E-state index contributed by atoms with van der Waals surface area (Å²) in [6, 6.07) is 10.7. The van der Waals surface area contributed by atoms with Gasteiger partial charge in [-0.15, -0.1) is 11.3 Å². The van der Waals surface area contributed by atoms with Gasteiger partial charge in [-0.2, -0.15) is 0 Å². The third kappa shape index (κ3) is 4.87. The third-order valence-electron chi connectivity index (χ3n) is 3.43. The number of aryl methyl sites for hydroxylation is 1. The molecule has 0 spiro atoms. The van der Waals surface area contributed by atoms with Crippen LogP contribution in [0.15, 0.2) is 35.7 Å². The summed E-state index contributed by atoms with van der Waals surface area (Å²) in [5, 5.41) is 5.57. The van der Waals surface area contributed by atoms with Crippen LogP contribution >= 0.6 is 11.3 Å². The quantitative estimate of drug-likeness (QED) is 0.798. The minimum atomic E-state index is 0.157. The molecule has 0 saturated carbocycles. The van der Waals surface area contributed by atoms with E-state index in [1.165, 1.54) is 16.0 Å². The summed E-state index contributed by atoms with van der Waals surface area (Å²) in [6.45, 7) is 10.4. The zero-order valence-corrected chi connectivity index (χ0v) is 14.2. The molecule has 0 aliphatic carbocycles. The normalized spacial score (nSPS) is 12.6. The van der Waals surface area contributed by atoms with Gasteiger partial charge in [-0.25, -0.2) is 0 Å². The molecule has 1 aromatic carbocycles. The summed E-state index contributed by atoms with van der Waals surface area (Å²) in [7, 11) is 0. The van der Waals surface area contributed by atoms with Crippen LogP contribution in [0.5, 0.6) is 5.75 Å². The summed E-state index contributed by atoms with van der Waals surface area (Å²) < 4.78 is 6.15. The highest BCUT2D eigenvalue weighted by Gasteiger charge is 2.11. The number of ether oxygens (including phenoxy) is 1. The Hall–Kier alpha value is -1.32. The van der Waals surface area contributed by atoms with E-state index in [0.29, 0.717) is 5.92 Å². The second-order valence-corrected chi connectivity index (χ2v) is 6.87. The monoisotopic (exact) mass is 303 g/mol. The SMILES string of the molecule is Cc1ccc(C(C)C)c(OC(C)CNCc2cccs2)c1. The van der Waals surface area contributed by atoms with Gasteiger partial charge in [0.25, 0.3) is 0 Å². The molecule has 2 aromatic rings. The van der Waals surface area contributed by atoms with Gasteiger partial charge < -0.3 is 10.1 Å². The van der Waals surface area contributed by atoms with Crippen molar-refractivity contribution in [3.63, 3.8) is 0 Å². The lowest BCUT2D eigenvalue weighted by Gasteiger charge is -2.20. The molecule has 0 saturated heterocycles. The van der Waals surface area contributed by atoms with Gasteiger partial charge in [0.15, 0.2) is 0 Å². The Balaban J connectivity index is 1.89.